The number of allylic oxidation sites excluding steroid dienone is 1. The quantitative estimate of drug-likeness (QED) is 0.180. The molecule has 45 heavy (non-hydrogen) atoms. The van der Waals surface area contributed by atoms with Gasteiger partial charge in [0, 0.05) is 23.0 Å². The molecule has 2 N–H and O–H groups in total. The van der Waals surface area contributed by atoms with Crippen molar-refractivity contribution in [3.8, 4) is 45.4 Å². The Hall–Kier alpha value is -5.35. The van der Waals surface area contributed by atoms with Crippen LogP contribution < -0.4 is 9.47 Å². The number of benzene rings is 4. The first kappa shape index (κ1) is 29.7. The minimum atomic E-state index is -4.41. The highest BCUT2D eigenvalue weighted by Crippen LogP contribution is 2.57. The van der Waals surface area contributed by atoms with Gasteiger partial charge in [0.15, 0.2) is 11.7 Å². The molecule has 0 saturated carbocycles. The molecule has 0 radical (unpaired) electrons. The summed E-state index contributed by atoms with van der Waals surface area (Å²) in [5, 5.41) is 19.9. The lowest BCUT2D eigenvalue weighted by atomic mass is 10.0. The van der Waals surface area contributed by atoms with Crippen molar-refractivity contribution in [2.75, 3.05) is 20.5 Å². The molecule has 4 aromatic carbocycles. The van der Waals surface area contributed by atoms with Gasteiger partial charge in [0.05, 0.1) is 25.6 Å². The number of ether oxygens (including phenoxy) is 2. The molecular weight excluding hydrogens is 596 g/mol. The number of hydrogen-bond donors (Lipinski definition) is 2. The Morgan fingerprint density at radius 1 is 0.689 bits per heavy atom. The molecule has 1 aliphatic rings. The molecule has 1 aromatic heterocycles. The van der Waals surface area contributed by atoms with Gasteiger partial charge in [-0.2, -0.15) is 0 Å². The van der Waals surface area contributed by atoms with Crippen LogP contribution >= 0.6 is 11.0 Å². The Kier molecular flexibility index (Phi) is 7.90. The van der Waals surface area contributed by atoms with Crippen LogP contribution in [-0.2, 0) is 0 Å². The molecule has 10 heteroatoms. The molecule has 0 unspecified atom stereocenters. The molecular formula is C35H29F2N3O4S. The fourth-order valence-electron chi connectivity index (χ4n) is 5.09. The first-order valence-corrected chi connectivity index (χ1v) is 15.7. The van der Waals surface area contributed by atoms with Gasteiger partial charge in [-0.1, -0.05) is 24.3 Å². The summed E-state index contributed by atoms with van der Waals surface area (Å²) in [6.07, 6.45) is 2.75. The number of halogens is 2. The maximum absolute atomic E-state index is 15.8. The zero-order valence-electron chi connectivity index (χ0n) is 24.6. The van der Waals surface area contributed by atoms with Gasteiger partial charge in [0.25, 0.3) is 0 Å². The molecule has 0 atom stereocenters. The van der Waals surface area contributed by atoms with Crippen LogP contribution in [0.3, 0.4) is 0 Å². The third-order valence-electron chi connectivity index (χ3n) is 7.34. The monoisotopic (exact) mass is 625 g/mol. The van der Waals surface area contributed by atoms with E-state index in [0.717, 1.165) is 15.8 Å². The third-order valence-corrected chi connectivity index (χ3v) is 8.35. The Morgan fingerprint density at radius 3 is 1.69 bits per heavy atom. The highest BCUT2D eigenvalue weighted by molar-refractivity contribution is 8.23. The first-order valence-electron chi connectivity index (χ1n) is 13.9. The highest BCUT2D eigenvalue weighted by Gasteiger charge is 2.30. The second kappa shape index (κ2) is 12.0. The lowest BCUT2D eigenvalue weighted by molar-refractivity contribution is 0.414. The molecule has 2 heterocycles. The van der Waals surface area contributed by atoms with Gasteiger partial charge in [-0.05, 0) is 102 Å². The van der Waals surface area contributed by atoms with E-state index in [2.05, 4.69) is 0 Å². The zero-order valence-corrected chi connectivity index (χ0v) is 25.4. The number of amidine groups is 1. The van der Waals surface area contributed by atoms with Gasteiger partial charge < -0.3 is 19.7 Å². The van der Waals surface area contributed by atoms with Crippen molar-refractivity contribution in [3.05, 3.63) is 120 Å². The summed E-state index contributed by atoms with van der Waals surface area (Å²) in [6, 6.07) is 28.8. The predicted octanol–water partition coefficient (Wildman–Crippen LogP) is 8.83. The average Bonchev–Trinajstić information content (AvgIpc) is 3.64. The summed E-state index contributed by atoms with van der Waals surface area (Å²) in [5.41, 5.74) is 4.55. The van der Waals surface area contributed by atoms with Crippen LogP contribution in [0.25, 0.3) is 28.0 Å². The van der Waals surface area contributed by atoms with Crippen molar-refractivity contribution < 1.29 is 27.5 Å². The van der Waals surface area contributed by atoms with E-state index in [1.54, 1.807) is 80.9 Å². The van der Waals surface area contributed by atoms with Crippen LogP contribution in [0.4, 0.5) is 13.6 Å². The highest BCUT2D eigenvalue weighted by atomic mass is 32.3. The van der Waals surface area contributed by atoms with E-state index < -0.39 is 11.0 Å². The van der Waals surface area contributed by atoms with Crippen molar-refractivity contribution in [1.29, 1.82) is 0 Å². The molecule has 0 aliphatic carbocycles. The molecule has 0 bridgehead atoms. The standard InChI is InChI=1S/C35H29F2N3O4S/c1-43-28-16-8-24(9-17-28)32-20-30(22-4-12-26(41)13-5-22)34(38-32)39-35-31(23-6-14-27(42)15-7-23)21-33(40(35)45(3,36)37)25-10-18-29(44-2)19-11-25/h4-21,41-42H,1-3H3. The zero-order chi connectivity index (χ0) is 31.7. The minimum Gasteiger partial charge on any atom is -0.508 e. The Balaban J connectivity index is 1.61. The van der Waals surface area contributed by atoms with Gasteiger partial charge in [0.1, 0.15) is 34.0 Å². The fourth-order valence-corrected chi connectivity index (χ4v) is 6.03. The number of phenols is 2. The van der Waals surface area contributed by atoms with E-state index in [1.807, 2.05) is 30.3 Å². The Labute approximate surface area is 261 Å². The summed E-state index contributed by atoms with van der Waals surface area (Å²) in [7, 11) is -1.28. The minimum absolute atomic E-state index is 0.0217. The lowest BCUT2D eigenvalue weighted by Crippen LogP contribution is -2.03. The molecule has 5 aromatic rings. The molecule has 0 fully saturated rings. The third kappa shape index (κ3) is 6.05. The molecule has 228 valence electrons. The maximum atomic E-state index is 15.8. The molecule has 0 saturated heterocycles. The van der Waals surface area contributed by atoms with E-state index in [1.165, 1.54) is 12.1 Å². The van der Waals surface area contributed by atoms with E-state index in [-0.39, 0.29) is 28.8 Å². The fraction of sp³-hybridized carbons (Fsp3) is 0.0857. The van der Waals surface area contributed by atoms with Crippen molar-refractivity contribution in [3.63, 3.8) is 0 Å². The van der Waals surface area contributed by atoms with Gasteiger partial charge in [-0.25, -0.2) is 14.0 Å². The second-order valence-electron chi connectivity index (χ2n) is 10.3. The SMILES string of the molecule is COc1ccc(C2=NC(=Nc3c(-c4ccc(O)cc4)cc(-c4ccc(OC)cc4)n3S(C)(F)F)C(c3ccc(O)cc3)=C2)cc1. The molecule has 7 nitrogen and oxygen atoms in total. The van der Waals surface area contributed by atoms with E-state index in [0.29, 0.717) is 45.0 Å². The average molecular weight is 626 g/mol. The van der Waals surface area contributed by atoms with Crippen molar-refractivity contribution in [2.45, 2.75) is 0 Å². The number of phenolic OH excluding ortho intramolecular Hbond substituents is 2. The Bertz CT molecular complexity index is 1940. The summed E-state index contributed by atoms with van der Waals surface area (Å²) < 4.78 is 43.1. The van der Waals surface area contributed by atoms with E-state index >= 15 is 7.77 Å². The molecule has 0 spiro atoms. The first-order chi connectivity index (χ1) is 21.6. The number of aliphatic imine (C=N–C) groups is 2. The maximum Gasteiger partial charge on any atom is 0.162 e. The number of hydrogen-bond acceptors (Lipinski definition) is 5. The predicted molar refractivity (Wildman–Crippen MR) is 177 cm³/mol. The molecule has 0 amide bonds. The van der Waals surface area contributed by atoms with E-state index in [9.17, 15) is 10.2 Å². The molecule has 1 aliphatic heterocycles. The van der Waals surface area contributed by atoms with Crippen molar-refractivity contribution >= 4 is 33.9 Å². The summed E-state index contributed by atoms with van der Waals surface area (Å²) >= 11 is 0. The number of aromatic nitrogens is 1. The second-order valence-corrected chi connectivity index (χ2v) is 12.0. The summed E-state index contributed by atoms with van der Waals surface area (Å²) in [5.74, 6) is 1.68. The van der Waals surface area contributed by atoms with Crippen LogP contribution in [0.2, 0.25) is 0 Å². The van der Waals surface area contributed by atoms with Gasteiger partial charge in [0.2, 0.25) is 0 Å². The number of nitrogens with zero attached hydrogens (tertiary/aromatic N) is 3. The lowest BCUT2D eigenvalue weighted by Gasteiger charge is -2.22. The van der Waals surface area contributed by atoms with E-state index in [4.69, 9.17) is 19.5 Å². The van der Waals surface area contributed by atoms with Crippen molar-refractivity contribution in [1.82, 2.24) is 3.97 Å². The van der Waals surface area contributed by atoms with Crippen LogP contribution in [-0.4, -0.2) is 46.2 Å². The summed E-state index contributed by atoms with van der Waals surface area (Å²) in [6.45, 7) is 0. The summed E-state index contributed by atoms with van der Waals surface area (Å²) in [4.78, 5) is 9.71. The van der Waals surface area contributed by atoms with Crippen LogP contribution in [0, 0.1) is 0 Å². The van der Waals surface area contributed by atoms with Crippen LogP contribution in [0.1, 0.15) is 11.1 Å². The van der Waals surface area contributed by atoms with Gasteiger partial charge in [-0.15, -0.1) is 7.77 Å². The van der Waals surface area contributed by atoms with Crippen molar-refractivity contribution in [2.24, 2.45) is 9.98 Å². The van der Waals surface area contributed by atoms with Gasteiger partial charge >= 0.3 is 0 Å². The van der Waals surface area contributed by atoms with Gasteiger partial charge in [-0.3, -0.25) is 0 Å². The number of methoxy groups -OCH3 is 2. The largest absolute Gasteiger partial charge is 0.508 e. The molecule has 6 rings (SSSR count). The smallest absolute Gasteiger partial charge is 0.162 e. The van der Waals surface area contributed by atoms with Crippen LogP contribution in [0.15, 0.2) is 119 Å². The Morgan fingerprint density at radius 2 is 1.18 bits per heavy atom. The normalized spacial score (nSPS) is 14.3. The number of rotatable bonds is 8. The van der Waals surface area contributed by atoms with Crippen LogP contribution in [0.5, 0.6) is 23.0 Å². The number of aromatic hydroxyl groups is 2. The topological polar surface area (TPSA) is 88.6 Å².